The van der Waals surface area contributed by atoms with Crippen LogP contribution >= 0.6 is 0 Å². The number of carbonyl (C=O) groups excluding carboxylic acids is 1. The highest BCUT2D eigenvalue weighted by Gasteiger charge is 2.15. The van der Waals surface area contributed by atoms with Crippen LogP contribution in [0, 0.1) is 0 Å². The molecule has 0 fully saturated rings. The Hall–Kier alpha value is -1.34. The topological polar surface area (TPSA) is 102 Å². The van der Waals surface area contributed by atoms with Crippen molar-refractivity contribution in [3.8, 4) is 0 Å². The van der Waals surface area contributed by atoms with Crippen LogP contribution in [-0.4, -0.2) is 64.9 Å². The van der Waals surface area contributed by atoms with Crippen molar-refractivity contribution in [2.45, 2.75) is 45.9 Å². The van der Waals surface area contributed by atoms with Crippen LogP contribution in [-0.2, 0) is 4.79 Å². The van der Waals surface area contributed by atoms with Gasteiger partial charge in [0.2, 0.25) is 0 Å². The summed E-state index contributed by atoms with van der Waals surface area (Å²) in [4.78, 5) is 23.9. The van der Waals surface area contributed by atoms with E-state index in [4.69, 9.17) is 10.2 Å². The van der Waals surface area contributed by atoms with E-state index in [0.717, 1.165) is 0 Å². The van der Waals surface area contributed by atoms with Gasteiger partial charge in [0.15, 0.2) is 6.10 Å². The molecule has 2 amide bonds. The summed E-state index contributed by atoms with van der Waals surface area (Å²) in [6, 6.07) is 0.296. The third-order valence-electron chi connectivity index (χ3n) is 2.72. The van der Waals surface area contributed by atoms with E-state index in [-0.39, 0.29) is 6.54 Å². The molecule has 7 heteroatoms. The van der Waals surface area contributed by atoms with Crippen LogP contribution in [0.25, 0.3) is 0 Å². The largest absolute Gasteiger partial charge is 0.479 e. The quantitative estimate of drug-likeness (QED) is 0.493. The molecule has 0 aliphatic heterocycles. The Morgan fingerprint density at radius 1 is 1.11 bits per heavy atom. The molecule has 19 heavy (non-hydrogen) atoms. The molecule has 7 nitrogen and oxygen atoms in total. The van der Waals surface area contributed by atoms with Crippen molar-refractivity contribution >= 4 is 12.0 Å². The minimum atomic E-state index is -1.58. The van der Waals surface area contributed by atoms with Gasteiger partial charge in [0.1, 0.15) is 0 Å². The summed E-state index contributed by atoms with van der Waals surface area (Å²) in [7, 11) is 0. The maximum Gasteiger partial charge on any atom is 0.334 e. The fourth-order valence-corrected chi connectivity index (χ4v) is 1.75. The van der Waals surface area contributed by atoms with E-state index in [1.54, 1.807) is 0 Å². The minimum Gasteiger partial charge on any atom is -0.479 e. The van der Waals surface area contributed by atoms with Crippen LogP contribution in [0.3, 0.4) is 0 Å². The van der Waals surface area contributed by atoms with Gasteiger partial charge in [-0.25, -0.2) is 9.59 Å². The van der Waals surface area contributed by atoms with Crippen molar-refractivity contribution in [1.82, 2.24) is 15.5 Å². The number of aliphatic carboxylic acids is 1. The molecule has 0 rings (SSSR count). The number of nitrogens with zero attached hydrogens (tertiary/aromatic N) is 1. The molecular formula is C12H25N3O4. The van der Waals surface area contributed by atoms with Gasteiger partial charge in [0, 0.05) is 25.2 Å². The number of rotatable bonds is 8. The molecule has 0 saturated heterocycles. The van der Waals surface area contributed by atoms with Crippen molar-refractivity contribution in [3.63, 3.8) is 0 Å². The Labute approximate surface area is 114 Å². The molecule has 0 saturated carbocycles. The van der Waals surface area contributed by atoms with Crippen molar-refractivity contribution < 1.29 is 19.8 Å². The lowest BCUT2D eigenvalue weighted by molar-refractivity contribution is -0.146. The van der Waals surface area contributed by atoms with E-state index >= 15 is 0 Å². The summed E-state index contributed by atoms with van der Waals surface area (Å²) >= 11 is 0. The number of aliphatic hydroxyl groups is 1. The molecule has 0 spiro atoms. The highest BCUT2D eigenvalue weighted by molar-refractivity contribution is 5.76. The highest BCUT2D eigenvalue weighted by atomic mass is 16.4. The number of amides is 2. The molecule has 0 radical (unpaired) electrons. The van der Waals surface area contributed by atoms with Gasteiger partial charge in [0.25, 0.3) is 0 Å². The van der Waals surface area contributed by atoms with E-state index in [9.17, 15) is 9.59 Å². The van der Waals surface area contributed by atoms with Crippen molar-refractivity contribution in [2.75, 3.05) is 19.6 Å². The van der Waals surface area contributed by atoms with Crippen molar-refractivity contribution in [1.29, 1.82) is 0 Å². The number of urea groups is 1. The molecule has 0 aromatic rings. The molecule has 0 heterocycles. The molecule has 4 N–H and O–H groups in total. The Balaban J connectivity index is 3.88. The van der Waals surface area contributed by atoms with Gasteiger partial charge in [-0.05, 0) is 27.7 Å². The molecular weight excluding hydrogens is 250 g/mol. The molecule has 112 valence electrons. The second kappa shape index (κ2) is 8.71. The Morgan fingerprint density at radius 3 is 2.05 bits per heavy atom. The first-order valence-corrected chi connectivity index (χ1v) is 6.44. The molecule has 1 atom stereocenters. The van der Waals surface area contributed by atoms with Gasteiger partial charge in [-0.15, -0.1) is 0 Å². The summed E-state index contributed by atoms with van der Waals surface area (Å²) < 4.78 is 0. The minimum absolute atomic E-state index is 0.306. The molecule has 0 bridgehead atoms. The number of aliphatic hydroxyl groups excluding tert-OH is 1. The van der Waals surface area contributed by atoms with Crippen LogP contribution < -0.4 is 10.6 Å². The van der Waals surface area contributed by atoms with E-state index in [0.29, 0.717) is 25.2 Å². The van der Waals surface area contributed by atoms with Gasteiger partial charge >= 0.3 is 12.0 Å². The van der Waals surface area contributed by atoms with E-state index in [1.807, 2.05) is 0 Å². The number of carboxylic acids is 1. The molecule has 0 aliphatic carbocycles. The fraction of sp³-hybridized carbons (Fsp3) is 0.833. The normalized spacial score (nSPS) is 12.8. The summed E-state index contributed by atoms with van der Waals surface area (Å²) in [5.41, 5.74) is 0. The van der Waals surface area contributed by atoms with Crippen LogP contribution in [0.4, 0.5) is 4.79 Å². The first-order valence-electron chi connectivity index (χ1n) is 6.44. The van der Waals surface area contributed by atoms with Gasteiger partial charge in [-0.2, -0.15) is 0 Å². The zero-order chi connectivity index (χ0) is 15.0. The van der Waals surface area contributed by atoms with Crippen molar-refractivity contribution in [2.24, 2.45) is 0 Å². The van der Waals surface area contributed by atoms with E-state index < -0.39 is 18.1 Å². The Kier molecular flexibility index (Phi) is 8.09. The lowest BCUT2D eigenvalue weighted by Gasteiger charge is -2.30. The second-order valence-corrected chi connectivity index (χ2v) is 4.92. The standard InChI is InChI=1S/C12H25N3O4/c1-8(2)15(9(3)4)6-5-13-12(19)14-7-10(16)11(17)18/h8-10,16H,5-7H2,1-4H3,(H,17,18)(H2,13,14,19)/t10-/m0/s1. The smallest absolute Gasteiger partial charge is 0.334 e. The Morgan fingerprint density at radius 2 is 1.63 bits per heavy atom. The monoisotopic (exact) mass is 275 g/mol. The lowest BCUT2D eigenvalue weighted by Crippen LogP contribution is -2.46. The second-order valence-electron chi connectivity index (χ2n) is 4.92. The van der Waals surface area contributed by atoms with E-state index in [1.165, 1.54) is 0 Å². The van der Waals surface area contributed by atoms with Crippen LogP contribution in [0.2, 0.25) is 0 Å². The van der Waals surface area contributed by atoms with E-state index in [2.05, 4.69) is 43.2 Å². The maximum atomic E-state index is 11.3. The number of carboxylic acid groups (broad SMARTS) is 1. The third kappa shape index (κ3) is 7.63. The molecule has 0 aliphatic rings. The predicted molar refractivity (Wildman–Crippen MR) is 72.0 cm³/mol. The van der Waals surface area contributed by atoms with Crippen molar-refractivity contribution in [3.05, 3.63) is 0 Å². The predicted octanol–water partition coefficient (Wildman–Crippen LogP) is -0.150. The molecule has 0 aromatic carbocycles. The summed E-state index contributed by atoms with van der Waals surface area (Å²) in [6.45, 7) is 9.22. The van der Waals surface area contributed by atoms with Crippen LogP contribution in [0.15, 0.2) is 0 Å². The summed E-state index contributed by atoms with van der Waals surface area (Å²) in [5, 5.41) is 22.3. The average Bonchev–Trinajstić information content (AvgIpc) is 2.30. The zero-order valence-electron chi connectivity index (χ0n) is 12.0. The Bertz CT molecular complexity index is 287. The van der Waals surface area contributed by atoms with Gasteiger partial charge in [-0.1, -0.05) is 0 Å². The van der Waals surface area contributed by atoms with Gasteiger partial charge in [0.05, 0.1) is 6.54 Å². The fourth-order valence-electron chi connectivity index (χ4n) is 1.75. The van der Waals surface area contributed by atoms with Gasteiger partial charge in [-0.3, -0.25) is 4.90 Å². The summed E-state index contributed by atoms with van der Waals surface area (Å²) in [6.07, 6.45) is -1.58. The maximum absolute atomic E-state index is 11.3. The highest BCUT2D eigenvalue weighted by Crippen LogP contribution is 2.03. The average molecular weight is 275 g/mol. The van der Waals surface area contributed by atoms with Gasteiger partial charge < -0.3 is 20.8 Å². The number of hydrogen-bond donors (Lipinski definition) is 4. The lowest BCUT2D eigenvalue weighted by atomic mass is 10.2. The summed E-state index contributed by atoms with van der Waals surface area (Å²) in [5.74, 6) is -1.36. The SMILES string of the molecule is CC(C)N(CCNC(=O)NC[C@H](O)C(=O)O)C(C)C. The number of hydrogen-bond acceptors (Lipinski definition) is 4. The molecule has 0 unspecified atom stereocenters. The zero-order valence-corrected chi connectivity index (χ0v) is 12.0. The van der Waals surface area contributed by atoms with Crippen LogP contribution in [0.5, 0.6) is 0 Å². The third-order valence-corrected chi connectivity index (χ3v) is 2.72. The first kappa shape index (κ1) is 17.7. The molecule has 0 aromatic heterocycles. The first-order chi connectivity index (χ1) is 8.75. The number of nitrogens with one attached hydrogen (secondary N) is 2. The number of carbonyl (C=O) groups is 2. The van der Waals surface area contributed by atoms with Crippen LogP contribution in [0.1, 0.15) is 27.7 Å².